The Kier molecular flexibility index (Phi) is 4.42. The van der Waals surface area contributed by atoms with Gasteiger partial charge in [0.15, 0.2) is 0 Å². The van der Waals surface area contributed by atoms with Gasteiger partial charge >= 0.3 is 0 Å². The average molecular weight is 387 g/mol. The molecule has 0 unspecified atom stereocenters. The first-order valence-corrected chi connectivity index (χ1v) is 7.40. The number of hydrogen-bond acceptors (Lipinski definition) is 3. The Labute approximate surface area is 126 Å². The second-order valence-corrected chi connectivity index (χ2v) is 6.34. The van der Waals surface area contributed by atoms with Crippen molar-refractivity contribution in [3.63, 3.8) is 0 Å². The van der Waals surface area contributed by atoms with Crippen LogP contribution in [0.4, 0.5) is 0 Å². The van der Waals surface area contributed by atoms with Gasteiger partial charge in [0.25, 0.3) is 0 Å². The first kappa shape index (κ1) is 13.6. The fraction of sp³-hybridized carbons (Fsp3) is 0. The number of amidine groups is 1. The van der Waals surface area contributed by atoms with Crippen LogP contribution in [0.3, 0.4) is 0 Å². The summed E-state index contributed by atoms with van der Waals surface area (Å²) in [6.45, 7) is 0. The zero-order valence-corrected chi connectivity index (χ0v) is 13.1. The minimum atomic E-state index is 0.0557. The van der Waals surface area contributed by atoms with Gasteiger partial charge in [0.1, 0.15) is 10.9 Å². The number of pyridine rings is 1. The Hall–Kier alpha value is -0.850. The molecule has 0 aliphatic carbocycles. The van der Waals surface area contributed by atoms with Crippen molar-refractivity contribution < 1.29 is 0 Å². The Morgan fingerprint density at radius 3 is 2.56 bits per heavy atom. The van der Waals surface area contributed by atoms with Crippen molar-refractivity contribution in [3.05, 3.63) is 51.0 Å². The van der Waals surface area contributed by atoms with Crippen molar-refractivity contribution in [2.75, 3.05) is 0 Å². The van der Waals surface area contributed by atoms with Gasteiger partial charge in [-0.25, -0.2) is 4.98 Å². The van der Waals surface area contributed by atoms with E-state index in [4.69, 9.17) is 11.1 Å². The lowest BCUT2D eigenvalue weighted by Gasteiger charge is -2.05. The van der Waals surface area contributed by atoms with E-state index in [0.717, 1.165) is 18.9 Å². The van der Waals surface area contributed by atoms with Crippen LogP contribution in [0.5, 0.6) is 0 Å². The standard InChI is InChI=1S/C12H9Br2N3S/c13-7-1-4-11(17-6-7)18-8-2-3-9(12(15)16)10(14)5-8/h1-6H,(H3,15,16). The van der Waals surface area contributed by atoms with E-state index >= 15 is 0 Å². The summed E-state index contributed by atoms with van der Waals surface area (Å²) in [5.74, 6) is 0.0557. The highest BCUT2D eigenvalue weighted by atomic mass is 79.9. The van der Waals surface area contributed by atoms with E-state index < -0.39 is 0 Å². The normalized spacial score (nSPS) is 10.3. The summed E-state index contributed by atoms with van der Waals surface area (Å²) in [5, 5.41) is 8.33. The molecular weight excluding hydrogens is 378 g/mol. The molecule has 92 valence electrons. The van der Waals surface area contributed by atoms with Gasteiger partial charge in [-0.1, -0.05) is 11.8 Å². The highest BCUT2D eigenvalue weighted by molar-refractivity contribution is 9.10. The molecule has 0 bridgehead atoms. The number of nitrogens with two attached hydrogens (primary N) is 1. The van der Waals surface area contributed by atoms with Crippen molar-refractivity contribution >= 4 is 49.5 Å². The molecule has 6 heteroatoms. The minimum Gasteiger partial charge on any atom is -0.384 e. The number of rotatable bonds is 3. The molecule has 3 nitrogen and oxygen atoms in total. The molecule has 0 radical (unpaired) electrons. The molecule has 1 heterocycles. The average Bonchev–Trinajstić information content (AvgIpc) is 2.32. The van der Waals surface area contributed by atoms with Crippen LogP contribution in [-0.2, 0) is 0 Å². The Morgan fingerprint density at radius 2 is 2.00 bits per heavy atom. The van der Waals surface area contributed by atoms with Crippen LogP contribution in [0.25, 0.3) is 0 Å². The quantitative estimate of drug-likeness (QED) is 0.618. The topological polar surface area (TPSA) is 62.8 Å². The monoisotopic (exact) mass is 385 g/mol. The van der Waals surface area contributed by atoms with Crippen LogP contribution in [0.2, 0.25) is 0 Å². The number of nitrogens with one attached hydrogen (secondary N) is 1. The summed E-state index contributed by atoms with van der Waals surface area (Å²) < 4.78 is 1.78. The maximum absolute atomic E-state index is 7.41. The largest absolute Gasteiger partial charge is 0.384 e. The molecule has 0 saturated heterocycles. The van der Waals surface area contributed by atoms with Crippen LogP contribution in [0, 0.1) is 5.41 Å². The second kappa shape index (κ2) is 5.86. The molecule has 0 aliphatic rings. The van der Waals surface area contributed by atoms with E-state index in [1.165, 1.54) is 0 Å². The van der Waals surface area contributed by atoms with Gasteiger partial charge in [0.05, 0.1) is 0 Å². The van der Waals surface area contributed by atoms with Crippen molar-refractivity contribution in [1.82, 2.24) is 4.98 Å². The number of nitrogen functional groups attached to an aromatic ring is 1. The van der Waals surface area contributed by atoms with Crippen LogP contribution in [0.15, 0.2) is 55.4 Å². The number of halogens is 2. The summed E-state index contributed by atoms with van der Waals surface area (Å²) in [5.41, 5.74) is 6.16. The lowest BCUT2D eigenvalue weighted by Crippen LogP contribution is -2.11. The van der Waals surface area contributed by atoms with Crippen LogP contribution < -0.4 is 5.73 Å². The fourth-order valence-corrected chi connectivity index (χ4v) is 3.10. The lowest BCUT2D eigenvalue weighted by molar-refractivity contribution is 1.12. The molecule has 0 saturated carbocycles. The first-order chi connectivity index (χ1) is 8.56. The molecular formula is C12H9Br2N3S. The Morgan fingerprint density at radius 1 is 1.22 bits per heavy atom. The van der Waals surface area contributed by atoms with Crippen molar-refractivity contribution in [2.24, 2.45) is 5.73 Å². The van der Waals surface area contributed by atoms with E-state index in [1.807, 2.05) is 30.3 Å². The zero-order valence-electron chi connectivity index (χ0n) is 9.15. The molecule has 0 atom stereocenters. The third-order valence-corrected chi connectivity index (χ3v) is 4.22. The van der Waals surface area contributed by atoms with Gasteiger partial charge in [-0.2, -0.15) is 0 Å². The smallest absolute Gasteiger partial charge is 0.123 e. The zero-order chi connectivity index (χ0) is 13.1. The number of aromatic nitrogens is 1. The summed E-state index contributed by atoms with van der Waals surface area (Å²) in [4.78, 5) is 5.34. The van der Waals surface area contributed by atoms with Crippen molar-refractivity contribution in [2.45, 2.75) is 9.92 Å². The number of hydrogen-bond donors (Lipinski definition) is 2. The maximum Gasteiger partial charge on any atom is 0.123 e. The molecule has 18 heavy (non-hydrogen) atoms. The van der Waals surface area contributed by atoms with Gasteiger partial charge in [0.2, 0.25) is 0 Å². The SMILES string of the molecule is N=C(N)c1ccc(Sc2ccc(Br)cn2)cc1Br. The Bertz CT molecular complexity index is 584. The molecule has 1 aromatic heterocycles. The molecule has 2 rings (SSSR count). The lowest BCUT2D eigenvalue weighted by atomic mass is 10.2. The van der Waals surface area contributed by atoms with E-state index in [1.54, 1.807) is 18.0 Å². The highest BCUT2D eigenvalue weighted by Gasteiger charge is 2.05. The second-order valence-electron chi connectivity index (χ2n) is 3.47. The van der Waals surface area contributed by atoms with Crippen LogP contribution in [-0.4, -0.2) is 10.8 Å². The van der Waals surface area contributed by atoms with Gasteiger partial charge in [-0.3, -0.25) is 5.41 Å². The summed E-state index contributed by atoms with van der Waals surface area (Å²) >= 11 is 8.32. The van der Waals surface area contributed by atoms with E-state index in [0.29, 0.717) is 5.56 Å². The van der Waals surface area contributed by atoms with Gasteiger partial charge in [-0.05, 0) is 62.2 Å². The molecule has 0 spiro atoms. The third-order valence-electron chi connectivity index (χ3n) is 2.15. The van der Waals surface area contributed by atoms with Gasteiger partial charge < -0.3 is 5.73 Å². The third kappa shape index (κ3) is 3.34. The van der Waals surface area contributed by atoms with E-state index in [2.05, 4.69) is 36.8 Å². The fourth-order valence-electron chi connectivity index (χ4n) is 1.32. The molecule has 3 N–H and O–H groups in total. The molecule has 2 aromatic rings. The maximum atomic E-state index is 7.41. The van der Waals surface area contributed by atoms with Gasteiger partial charge in [-0.15, -0.1) is 0 Å². The molecule has 0 fully saturated rings. The molecule has 0 aliphatic heterocycles. The van der Waals surface area contributed by atoms with Gasteiger partial charge in [0, 0.05) is 25.6 Å². The van der Waals surface area contributed by atoms with E-state index in [9.17, 15) is 0 Å². The summed E-state index contributed by atoms with van der Waals surface area (Å²) in [6, 6.07) is 9.59. The highest BCUT2D eigenvalue weighted by Crippen LogP contribution is 2.30. The first-order valence-electron chi connectivity index (χ1n) is 4.99. The Balaban J connectivity index is 2.22. The summed E-state index contributed by atoms with van der Waals surface area (Å²) in [7, 11) is 0. The molecule has 0 amide bonds. The van der Waals surface area contributed by atoms with Crippen molar-refractivity contribution in [1.29, 1.82) is 5.41 Å². The van der Waals surface area contributed by atoms with Crippen LogP contribution in [0.1, 0.15) is 5.56 Å². The van der Waals surface area contributed by atoms with E-state index in [-0.39, 0.29) is 5.84 Å². The predicted molar refractivity (Wildman–Crippen MR) is 81.2 cm³/mol. The van der Waals surface area contributed by atoms with Crippen LogP contribution >= 0.6 is 43.6 Å². The number of benzene rings is 1. The summed E-state index contributed by atoms with van der Waals surface area (Å²) in [6.07, 6.45) is 1.77. The predicted octanol–water partition coefficient (Wildman–Crippen LogP) is 4.04. The minimum absolute atomic E-state index is 0.0557. The van der Waals surface area contributed by atoms with Crippen molar-refractivity contribution in [3.8, 4) is 0 Å². The molecule has 1 aromatic carbocycles. The number of nitrogens with zero attached hydrogens (tertiary/aromatic N) is 1.